The van der Waals surface area contributed by atoms with Crippen molar-refractivity contribution in [3.63, 3.8) is 0 Å². The molecule has 0 aliphatic rings. The maximum atomic E-state index is 3.88. The molecular formula is C7H6N2Ru+3. The predicted molar refractivity (Wildman–Crippen MR) is 36.1 cm³/mol. The van der Waals surface area contributed by atoms with E-state index in [2.05, 4.69) is 10.2 Å². The van der Waals surface area contributed by atoms with Crippen LogP contribution in [0.25, 0.3) is 10.9 Å². The Morgan fingerprint density at radius 2 is 2.00 bits per heavy atom. The third-order valence-corrected chi connectivity index (χ3v) is 1.35. The first-order valence-corrected chi connectivity index (χ1v) is 2.85. The molecule has 1 heterocycles. The fourth-order valence-electron chi connectivity index (χ4n) is 0.883. The molecule has 0 saturated carbocycles. The van der Waals surface area contributed by atoms with Gasteiger partial charge in [-0.3, -0.25) is 5.10 Å². The molecule has 1 aromatic heterocycles. The van der Waals surface area contributed by atoms with Crippen LogP contribution < -0.4 is 0 Å². The van der Waals surface area contributed by atoms with Crippen LogP contribution in [0, 0.1) is 0 Å². The van der Waals surface area contributed by atoms with Gasteiger partial charge in [-0.25, -0.2) is 0 Å². The average Bonchev–Trinajstić information content (AvgIpc) is 2.33. The van der Waals surface area contributed by atoms with Crippen LogP contribution in [0.1, 0.15) is 0 Å². The van der Waals surface area contributed by atoms with Crippen LogP contribution in [0.2, 0.25) is 0 Å². The van der Waals surface area contributed by atoms with E-state index in [-0.39, 0.29) is 19.5 Å². The van der Waals surface area contributed by atoms with E-state index in [1.165, 1.54) is 0 Å². The minimum Gasteiger partial charge on any atom is -0.278 e. The summed E-state index contributed by atoms with van der Waals surface area (Å²) in [6.07, 6.45) is 1.81. The maximum Gasteiger partial charge on any atom is 3.00 e. The molecule has 1 aromatic carbocycles. The van der Waals surface area contributed by atoms with Crippen molar-refractivity contribution in [2.24, 2.45) is 0 Å². The van der Waals surface area contributed by atoms with Gasteiger partial charge in [0.05, 0.1) is 11.7 Å². The number of aromatic nitrogens is 2. The molecule has 0 aliphatic heterocycles. The minimum atomic E-state index is 0. The summed E-state index contributed by atoms with van der Waals surface area (Å²) in [6, 6.07) is 8.01. The molecule has 0 bridgehead atoms. The van der Waals surface area contributed by atoms with E-state index in [1.807, 2.05) is 30.5 Å². The van der Waals surface area contributed by atoms with Crippen molar-refractivity contribution in [2.75, 3.05) is 0 Å². The van der Waals surface area contributed by atoms with Crippen molar-refractivity contribution in [1.29, 1.82) is 0 Å². The van der Waals surface area contributed by atoms with E-state index < -0.39 is 0 Å². The summed E-state index contributed by atoms with van der Waals surface area (Å²) >= 11 is 0. The van der Waals surface area contributed by atoms with Gasteiger partial charge in [-0.1, -0.05) is 18.2 Å². The van der Waals surface area contributed by atoms with Gasteiger partial charge in [0.1, 0.15) is 0 Å². The standard InChI is InChI=1S/C7H6N2.Ru/c1-2-4-7-6(3-1)5-8-9-7;/h1-5H,(H,8,9);/q;+3. The Kier molecular flexibility index (Phi) is 2.18. The number of nitrogens with zero attached hydrogens (tertiary/aromatic N) is 1. The molecule has 0 amide bonds. The minimum absolute atomic E-state index is 0. The molecule has 2 rings (SSSR count). The zero-order valence-corrected chi connectivity index (χ0v) is 6.93. The Bertz CT molecular complexity index is 286. The topological polar surface area (TPSA) is 28.7 Å². The normalized spacial score (nSPS) is 9.20. The van der Waals surface area contributed by atoms with E-state index in [4.69, 9.17) is 0 Å². The molecule has 10 heavy (non-hydrogen) atoms. The van der Waals surface area contributed by atoms with E-state index in [0.29, 0.717) is 0 Å². The Hall–Kier alpha value is -0.687. The van der Waals surface area contributed by atoms with Gasteiger partial charge in [0.15, 0.2) is 0 Å². The van der Waals surface area contributed by atoms with Crippen LogP contribution in [0.5, 0.6) is 0 Å². The van der Waals surface area contributed by atoms with Crippen molar-refractivity contribution in [2.45, 2.75) is 0 Å². The van der Waals surface area contributed by atoms with Crippen molar-refractivity contribution in [3.8, 4) is 0 Å². The van der Waals surface area contributed by atoms with Gasteiger partial charge in [0, 0.05) is 5.39 Å². The monoisotopic (exact) mass is 220 g/mol. The number of hydrogen-bond acceptors (Lipinski definition) is 1. The second-order valence-electron chi connectivity index (χ2n) is 1.96. The first-order chi connectivity index (χ1) is 4.47. The number of H-pyrrole nitrogens is 1. The van der Waals surface area contributed by atoms with Gasteiger partial charge in [-0.2, -0.15) is 5.10 Å². The van der Waals surface area contributed by atoms with Gasteiger partial charge < -0.3 is 0 Å². The van der Waals surface area contributed by atoms with Crippen LogP contribution in [0.4, 0.5) is 0 Å². The van der Waals surface area contributed by atoms with Crippen molar-refractivity contribution >= 4 is 10.9 Å². The van der Waals surface area contributed by atoms with Gasteiger partial charge >= 0.3 is 19.5 Å². The molecule has 0 aliphatic carbocycles. The molecule has 49 valence electrons. The van der Waals surface area contributed by atoms with E-state index in [9.17, 15) is 0 Å². The number of nitrogens with one attached hydrogen (secondary N) is 1. The van der Waals surface area contributed by atoms with Gasteiger partial charge in [-0.15, -0.1) is 0 Å². The quantitative estimate of drug-likeness (QED) is 0.669. The molecule has 0 saturated heterocycles. The fraction of sp³-hybridized carbons (Fsp3) is 0. The fourth-order valence-corrected chi connectivity index (χ4v) is 0.883. The summed E-state index contributed by atoms with van der Waals surface area (Å²) in [5, 5.41) is 7.91. The van der Waals surface area contributed by atoms with Gasteiger partial charge in [-0.05, 0) is 6.07 Å². The molecule has 3 heteroatoms. The van der Waals surface area contributed by atoms with E-state index >= 15 is 0 Å². The molecule has 0 spiro atoms. The maximum absolute atomic E-state index is 3.88. The first kappa shape index (κ1) is 7.42. The summed E-state index contributed by atoms with van der Waals surface area (Å²) in [7, 11) is 0. The van der Waals surface area contributed by atoms with Crippen molar-refractivity contribution in [3.05, 3.63) is 30.5 Å². The van der Waals surface area contributed by atoms with Crippen LogP contribution in [0.3, 0.4) is 0 Å². The predicted octanol–water partition coefficient (Wildman–Crippen LogP) is 1.56. The Morgan fingerprint density at radius 3 is 2.80 bits per heavy atom. The van der Waals surface area contributed by atoms with E-state index in [1.54, 1.807) is 0 Å². The van der Waals surface area contributed by atoms with E-state index in [0.717, 1.165) is 10.9 Å². The SMILES string of the molecule is [Ru+3].c1ccc2[nH]ncc2c1. The van der Waals surface area contributed by atoms with Gasteiger partial charge in [0.25, 0.3) is 0 Å². The molecular weight excluding hydrogens is 213 g/mol. The van der Waals surface area contributed by atoms with Crippen LogP contribution in [-0.2, 0) is 19.5 Å². The summed E-state index contributed by atoms with van der Waals surface area (Å²) in [5.41, 5.74) is 1.09. The molecule has 2 nitrogen and oxygen atoms in total. The van der Waals surface area contributed by atoms with Gasteiger partial charge in [0.2, 0.25) is 0 Å². The Morgan fingerprint density at radius 1 is 1.20 bits per heavy atom. The number of benzene rings is 1. The number of aromatic amines is 1. The third-order valence-electron chi connectivity index (χ3n) is 1.35. The molecule has 0 atom stereocenters. The Balaban J connectivity index is 0.000000500. The van der Waals surface area contributed by atoms with Crippen molar-refractivity contribution < 1.29 is 19.5 Å². The zero-order chi connectivity index (χ0) is 6.10. The smallest absolute Gasteiger partial charge is 0.278 e. The second kappa shape index (κ2) is 2.93. The average molecular weight is 219 g/mol. The molecule has 0 unspecified atom stereocenters. The number of rotatable bonds is 0. The van der Waals surface area contributed by atoms with Crippen molar-refractivity contribution in [1.82, 2.24) is 10.2 Å². The molecule has 2 aromatic rings. The number of para-hydroxylation sites is 1. The van der Waals surface area contributed by atoms with Crippen LogP contribution in [0.15, 0.2) is 30.5 Å². The van der Waals surface area contributed by atoms with Crippen LogP contribution in [-0.4, -0.2) is 10.2 Å². The number of fused-ring (bicyclic) bond motifs is 1. The summed E-state index contributed by atoms with van der Waals surface area (Å²) in [4.78, 5) is 0. The summed E-state index contributed by atoms with van der Waals surface area (Å²) in [5.74, 6) is 0. The first-order valence-electron chi connectivity index (χ1n) is 2.85. The Labute approximate surface area is 71.4 Å². The van der Waals surface area contributed by atoms with Crippen LogP contribution >= 0.6 is 0 Å². The molecule has 1 N–H and O–H groups in total. The second-order valence-corrected chi connectivity index (χ2v) is 1.96. The molecule has 1 radical (unpaired) electrons. The summed E-state index contributed by atoms with van der Waals surface area (Å²) < 4.78 is 0. The third kappa shape index (κ3) is 1.10. The molecule has 0 fully saturated rings. The zero-order valence-electron chi connectivity index (χ0n) is 5.19. The largest absolute Gasteiger partial charge is 3.00 e. The summed E-state index contributed by atoms with van der Waals surface area (Å²) in [6.45, 7) is 0. The number of hydrogen-bond donors (Lipinski definition) is 1.